The third-order valence-electron chi connectivity index (χ3n) is 4.50. The number of aliphatic hydroxyl groups excluding tert-OH is 1. The van der Waals surface area contributed by atoms with Crippen molar-refractivity contribution in [2.24, 2.45) is 11.8 Å². The monoisotopic (exact) mass is 375 g/mol. The second kappa shape index (κ2) is 8.07. The minimum absolute atomic E-state index is 0. The van der Waals surface area contributed by atoms with Crippen LogP contribution in [0.2, 0.25) is 0 Å². The van der Waals surface area contributed by atoms with Gasteiger partial charge in [-0.1, -0.05) is 0 Å². The summed E-state index contributed by atoms with van der Waals surface area (Å²) >= 11 is 0. The summed E-state index contributed by atoms with van der Waals surface area (Å²) in [6.07, 6.45) is -0.502. The molecule has 0 spiro atoms. The second-order valence-corrected chi connectivity index (χ2v) is 6.26. The maximum atomic E-state index is 13.3. The highest BCUT2D eigenvalue weighted by molar-refractivity contribution is 6.00. The Hall–Kier alpha value is -1.77. The molecule has 9 heteroatoms. The zero-order valence-electron chi connectivity index (χ0n) is 13.4. The predicted molar refractivity (Wildman–Crippen MR) is 89.4 cm³/mol. The van der Waals surface area contributed by atoms with E-state index in [1.54, 1.807) is 0 Å². The van der Waals surface area contributed by atoms with Gasteiger partial charge in [-0.05, 0) is 12.1 Å². The summed E-state index contributed by atoms with van der Waals surface area (Å²) in [5, 5.41) is 15.5. The normalized spacial score (nSPS) is 25.8. The van der Waals surface area contributed by atoms with Crippen LogP contribution >= 0.6 is 12.4 Å². The number of rotatable bonds is 4. The molecule has 2 aliphatic rings. The maximum absolute atomic E-state index is 13.3. The first-order chi connectivity index (χ1) is 11.4. The van der Waals surface area contributed by atoms with Crippen LogP contribution in [0.25, 0.3) is 0 Å². The van der Waals surface area contributed by atoms with E-state index in [1.165, 1.54) is 4.90 Å². The van der Waals surface area contributed by atoms with Crippen molar-refractivity contribution < 1.29 is 23.5 Å². The number of hydrogen-bond donors (Lipinski definition) is 3. The van der Waals surface area contributed by atoms with E-state index in [1.807, 2.05) is 0 Å². The Morgan fingerprint density at radius 2 is 1.96 bits per heavy atom. The summed E-state index contributed by atoms with van der Waals surface area (Å²) in [4.78, 5) is 25.5. The fourth-order valence-corrected chi connectivity index (χ4v) is 3.13. The lowest BCUT2D eigenvalue weighted by atomic mass is 10.0. The van der Waals surface area contributed by atoms with Crippen LogP contribution in [0.1, 0.15) is 6.42 Å². The molecule has 2 saturated heterocycles. The Morgan fingerprint density at radius 3 is 2.56 bits per heavy atom. The molecule has 0 radical (unpaired) electrons. The van der Waals surface area contributed by atoms with Crippen LogP contribution in [-0.2, 0) is 9.59 Å². The fourth-order valence-electron chi connectivity index (χ4n) is 3.13. The van der Waals surface area contributed by atoms with Crippen LogP contribution in [0, 0.1) is 23.5 Å². The molecule has 1 aromatic carbocycles. The molecule has 3 N–H and O–H groups in total. The van der Waals surface area contributed by atoms with E-state index in [4.69, 9.17) is 0 Å². The lowest BCUT2D eigenvalue weighted by Gasteiger charge is -2.18. The van der Waals surface area contributed by atoms with E-state index in [-0.39, 0.29) is 48.8 Å². The summed E-state index contributed by atoms with van der Waals surface area (Å²) < 4.78 is 26.6. The number of amides is 2. The van der Waals surface area contributed by atoms with Crippen LogP contribution in [-0.4, -0.2) is 49.2 Å². The Morgan fingerprint density at radius 1 is 1.28 bits per heavy atom. The number of nitrogens with one attached hydrogen (secondary N) is 2. The van der Waals surface area contributed by atoms with Crippen LogP contribution in [0.3, 0.4) is 0 Å². The van der Waals surface area contributed by atoms with Crippen LogP contribution in [0.15, 0.2) is 18.2 Å². The number of nitrogens with zero attached hydrogens (tertiary/aromatic N) is 1. The number of aliphatic hydroxyl groups is 1. The molecule has 6 nitrogen and oxygen atoms in total. The number of hydrogen-bond acceptors (Lipinski definition) is 4. The smallest absolute Gasteiger partial charge is 0.227 e. The number of β-amino-alcohol motifs (C(OH)–C–C–N with tert-alkyl or cyclic N) is 1. The lowest BCUT2D eigenvalue weighted by Crippen LogP contribution is -2.38. The number of benzene rings is 1. The van der Waals surface area contributed by atoms with Gasteiger partial charge in [0.15, 0.2) is 0 Å². The molecule has 2 fully saturated rings. The average Bonchev–Trinajstić information content (AvgIpc) is 3.10. The predicted octanol–water partition coefficient (Wildman–Crippen LogP) is 0.436. The van der Waals surface area contributed by atoms with Crippen LogP contribution in [0.5, 0.6) is 0 Å². The van der Waals surface area contributed by atoms with Crippen molar-refractivity contribution >= 4 is 29.9 Å². The van der Waals surface area contributed by atoms with Crippen molar-refractivity contribution in [1.82, 2.24) is 10.6 Å². The van der Waals surface area contributed by atoms with Crippen molar-refractivity contribution in [3.8, 4) is 0 Å². The van der Waals surface area contributed by atoms with Gasteiger partial charge in [-0.15, -0.1) is 12.4 Å². The molecule has 0 aliphatic carbocycles. The summed E-state index contributed by atoms with van der Waals surface area (Å²) in [7, 11) is 0. The quantitative estimate of drug-likeness (QED) is 0.713. The van der Waals surface area contributed by atoms with E-state index < -0.39 is 23.7 Å². The van der Waals surface area contributed by atoms with E-state index >= 15 is 0 Å². The maximum Gasteiger partial charge on any atom is 0.227 e. The highest BCUT2D eigenvalue weighted by Crippen LogP contribution is 2.26. The SMILES string of the molecule is Cl.O=C(NCC1CNCC1O)C1CC(=O)N(c2cc(F)cc(F)c2)C1. The van der Waals surface area contributed by atoms with Gasteiger partial charge < -0.3 is 20.6 Å². The molecule has 1 aromatic rings. The molecule has 25 heavy (non-hydrogen) atoms. The zero-order chi connectivity index (χ0) is 17.3. The standard InChI is InChI=1S/C16H19F2N3O3.ClH/c17-11-2-12(18)4-13(3-11)21-8-9(1-15(21)23)16(24)20-6-10-5-19-7-14(10)22;/h2-4,9-10,14,19,22H,1,5-8H2,(H,20,24);1H. The first-order valence-corrected chi connectivity index (χ1v) is 7.87. The van der Waals surface area contributed by atoms with E-state index in [9.17, 15) is 23.5 Å². The minimum Gasteiger partial charge on any atom is -0.391 e. The second-order valence-electron chi connectivity index (χ2n) is 6.26. The molecule has 0 saturated carbocycles. The molecule has 0 aromatic heterocycles. The van der Waals surface area contributed by atoms with Gasteiger partial charge in [0, 0.05) is 50.3 Å². The number of halogens is 3. The first-order valence-electron chi connectivity index (χ1n) is 7.87. The molecular weight excluding hydrogens is 356 g/mol. The van der Waals surface area contributed by atoms with Gasteiger partial charge in [0.25, 0.3) is 0 Å². The Bertz CT molecular complexity index is 641. The topological polar surface area (TPSA) is 81.7 Å². The minimum atomic E-state index is -0.770. The highest BCUT2D eigenvalue weighted by Gasteiger charge is 2.36. The van der Waals surface area contributed by atoms with Gasteiger partial charge in [-0.3, -0.25) is 9.59 Å². The fraction of sp³-hybridized carbons (Fsp3) is 0.500. The van der Waals surface area contributed by atoms with Crippen molar-refractivity contribution in [3.05, 3.63) is 29.8 Å². The summed E-state index contributed by atoms with van der Waals surface area (Å²) in [6, 6.07) is 2.87. The largest absolute Gasteiger partial charge is 0.391 e. The van der Waals surface area contributed by atoms with Crippen molar-refractivity contribution in [1.29, 1.82) is 0 Å². The van der Waals surface area contributed by atoms with Crippen LogP contribution < -0.4 is 15.5 Å². The molecule has 2 amide bonds. The Labute approximate surface area is 150 Å². The molecule has 2 heterocycles. The van der Waals surface area contributed by atoms with Gasteiger partial charge in [-0.25, -0.2) is 8.78 Å². The molecule has 3 unspecified atom stereocenters. The molecule has 0 bridgehead atoms. The zero-order valence-corrected chi connectivity index (χ0v) is 14.2. The van der Waals surface area contributed by atoms with Gasteiger partial charge >= 0.3 is 0 Å². The van der Waals surface area contributed by atoms with E-state index in [0.29, 0.717) is 19.6 Å². The van der Waals surface area contributed by atoms with E-state index in [0.717, 1.165) is 18.2 Å². The van der Waals surface area contributed by atoms with Crippen molar-refractivity contribution in [2.75, 3.05) is 31.1 Å². The molecule has 2 aliphatic heterocycles. The summed E-state index contributed by atoms with van der Waals surface area (Å²) in [6.45, 7) is 1.53. The van der Waals surface area contributed by atoms with Crippen molar-refractivity contribution in [2.45, 2.75) is 12.5 Å². The Balaban J connectivity index is 0.00000225. The Kier molecular flexibility index (Phi) is 6.31. The van der Waals surface area contributed by atoms with Crippen molar-refractivity contribution in [3.63, 3.8) is 0 Å². The highest BCUT2D eigenvalue weighted by atomic mass is 35.5. The van der Waals surface area contributed by atoms with Gasteiger partial charge in [-0.2, -0.15) is 0 Å². The molecule has 3 rings (SSSR count). The van der Waals surface area contributed by atoms with E-state index in [2.05, 4.69) is 10.6 Å². The number of carbonyl (C=O) groups is 2. The number of carbonyl (C=O) groups excluding carboxylic acids is 2. The summed E-state index contributed by atoms with van der Waals surface area (Å²) in [5.41, 5.74) is 0.114. The summed E-state index contributed by atoms with van der Waals surface area (Å²) in [5.74, 6) is -2.80. The molecular formula is C16H20ClF2N3O3. The van der Waals surface area contributed by atoms with Gasteiger partial charge in [0.2, 0.25) is 11.8 Å². The molecule has 3 atom stereocenters. The lowest BCUT2D eigenvalue weighted by molar-refractivity contribution is -0.126. The number of anilines is 1. The first kappa shape index (κ1) is 19.6. The third kappa shape index (κ3) is 4.45. The van der Waals surface area contributed by atoms with Gasteiger partial charge in [0.05, 0.1) is 12.0 Å². The third-order valence-corrected chi connectivity index (χ3v) is 4.50. The molecule has 138 valence electrons. The van der Waals surface area contributed by atoms with Gasteiger partial charge in [0.1, 0.15) is 11.6 Å². The van der Waals surface area contributed by atoms with Crippen LogP contribution in [0.4, 0.5) is 14.5 Å². The average molecular weight is 376 g/mol.